The van der Waals surface area contributed by atoms with Gasteiger partial charge in [0.05, 0.1) is 12.6 Å². The van der Waals surface area contributed by atoms with E-state index in [2.05, 4.69) is 5.32 Å². The molecule has 84 valence electrons. The van der Waals surface area contributed by atoms with Gasteiger partial charge >= 0.3 is 6.09 Å². The van der Waals surface area contributed by atoms with Crippen LogP contribution in [0.1, 0.15) is 34.6 Å². The predicted molar refractivity (Wildman–Crippen MR) is 55.3 cm³/mol. The van der Waals surface area contributed by atoms with Crippen LogP contribution >= 0.6 is 0 Å². The standard InChI is InChI=1S/C10H21NO3/c1-6-13-7-8(2)11-9(12)14-10(3,4)5/h8H,6-7H2,1-5H3,(H,11,12)/t8-/m0/s1. The highest BCUT2D eigenvalue weighted by molar-refractivity contribution is 5.68. The number of ether oxygens (including phenoxy) is 2. The Hall–Kier alpha value is -0.770. The second kappa shape index (κ2) is 5.86. The third kappa shape index (κ3) is 7.86. The molecule has 1 amide bonds. The number of alkyl carbamates (subject to hydrolysis) is 1. The second-order valence-electron chi connectivity index (χ2n) is 4.21. The summed E-state index contributed by atoms with van der Waals surface area (Å²) in [4.78, 5) is 11.2. The smallest absolute Gasteiger partial charge is 0.407 e. The van der Waals surface area contributed by atoms with Crippen molar-refractivity contribution >= 4 is 6.09 Å². The largest absolute Gasteiger partial charge is 0.444 e. The monoisotopic (exact) mass is 203 g/mol. The van der Waals surface area contributed by atoms with Crippen LogP contribution in [-0.4, -0.2) is 30.9 Å². The van der Waals surface area contributed by atoms with E-state index in [0.717, 1.165) is 0 Å². The predicted octanol–water partition coefficient (Wildman–Crippen LogP) is 1.94. The number of nitrogens with one attached hydrogen (secondary N) is 1. The Morgan fingerprint density at radius 1 is 1.43 bits per heavy atom. The van der Waals surface area contributed by atoms with Crippen molar-refractivity contribution in [2.75, 3.05) is 13.2 Å². The zero-order chi connectivity index (χ0) is 11.2. The first-order valence-corrected chi connectivity index (χ1v) is 4.92. The van der Waals surface area contributed by atoms with E-state index in [0.29, 0.717) is 13.2 Å². The van der Waals surface area contributed by atoms with Gasteiger partial charge in [0, 0.05) is 6.61 Å². The van der Waals surface area contributed by atoms with Gasteiger partial charge in [-0.2, -0.15) is 0 Å². The highest BCUT2D eigenvalue weighted by Crippen LogP contribution is 2.06. The van der Waals surface area contributed by atoms with E-state index in [-0.39, 0.29) is 6.04 Å². The van der Waals surface area contributed by atoms with Gasteiger partial charge in [-0.05, 0) is 34.6 Å². The van der Waals surface area contributed by atoms with Crippen molar-refractivity contribution in [3.8, 4) is 0 Å². The van der Waals surface area contributed by atoms with Crippen molar-refractivity contribution in [2.45, 2.75) is 46.3 Å². The SMILES string of the molecule is CCOC[C@H](C)NC(=O)OC(C)(C)C. The zero-order valence-electron chi connectivity index (χ0n) is 9.72. The van der Waals surface area contributed by atoms with Gasteiger partial charge in [0.2, 0.25) is 0 Å². The summed E-state index contributed by atoms with van der Waals surface area (Å²) in [5.41, 5.74) is -0.449. The van der Waals surface area contributed by atoms with Gasteiger partial charge < -0.3 is 14.8 Å². The highest BCUT2D eigenvalue weighted by atomic mass is 16.6. The minimum absolute atomic E-state index is 0.0233. The summed E-state index contributed by atoms with van der Waals surface area (Å²) in [6.45, 7) is 10.5. The summed E-state index contributed by atoms with van der Waals surface area (Å²) in [7, 11) is 0. The molecule has 0 aromatic heterocycles. The van der Waals surface area contributed by atoms with Crippen LogP contribution in [0.25, 0.3) is 0 Å². The van der Waals surface area contributed by atoms with Gasteiger partial charge in [-0.3, -0.25) is 0 Å². The molecule has 4 nitrogen and oxygen atoms in total. The molecule has 0 aromatic carbocycles. The van der Waals surface area contributed by atoms with Crippen molar-refractivity contribution < 1.29 is 14.3 Å². The molecule has 1 N–H and O–H groups in total. The van der Waals surface area contributed by atoms with Crippen molar-refractivity contribution in [3.05, 3.63) is 0 Å². The highest BCUT2D eigenvalue weighted by Gasteiger charge is 2.17. The summed E-state index contributed by atoms with van der Waals surface area (Å²) in [6, 6.07) is -0.0233. The Balaban J connectivity index is 3.71. The molecule has 0 fully saturated rings. The fourth-order valence-corrected chi connectivity index (χ4v) is 0.845. The van der Waals surface area contributed by atoms with Crippen LogP contribution in [0.15, 0.2) is 0 Å². The third-order valence-electron chi connectivity index (χ3n) is 1.34. The fraction of sp³-hybridized carbons (Fsp3) is 0.900. The molecule has 14 heavy (non-hydrogen) atoms. The van der Waals surface area contributed by atoms with Crippen molar-refractivity contribution in [1.29, 1.82) is 0 Å². The molecule has 0 aromatic rings. The van der Waals surface area contributed by atoms with Gasteiger partial charge in [-0.25, -0.2) is 4.79 Å². The van der Waals surface area contributed by atoms with E-state index in [1.165, 1.54) is 0 Å². The van der Waals surface area contributed by atoms with Crippen LogP contribution in [-0.2, 0) is 9.47 Å². The van der Waals surface area contributed by atoms with E-state index in [9.17, 15) is 4.79 Å². The lowest BCUT2D eigenvalue weighted by Crippen LogP contribution is -2.39. The number of amides is 1. The molecule has 0 radical (unpaired) electrons. The molecule has 0 saturated heterocycles. The Morgan fingerprint density at radius 2 is 2.00 bits per heavy atom. The first-order chi connectivity index (χ1) is 6.35. The molecule has 0 unspecified atom stereocenters. The summed E-state index contributed by atoms with van der Waals surface area (Å²) in [5, 5.41) is 2.69. The average molecular weight is 203 g/mol. The molecule has 0 heterocycles. The quantitative estimate of drug-likeness (QED) is 0.759. The maximum Gasteiger partial charge on any atom is 0.407 e. The first-order valence-electron chi connectivity index (χ1n) is 4.92. The van der Waals surface area contributed by atoms with Crippen molar-refractivity contribution in [2.24, 2.45) is 0 Å². The van der Waals surface area contributed by atoms with Gasteiger partial charge in [0.1, 0.15) is 5.60 Å². The van der Waals surface area contributed by atoms with Crippen molar-refractivity contribution in [3.63, 3.8) is 0 Å². The number of carbonyl (C=O) groups excluding carboxylic acids is 1. The second-order valence-corrected chi connectivity index (χ2v) is 4.21. The fourth-order valence-electron chi connectivity index (χ4n) is 0.845. The zero-order valence-corrected chi connectivity index (χ0v) is 9.72. The minimum atomic E-state index is -0.449. The Morgan fingerprint density at radius 3 is 2.43 bits per heavy atom. The van der Waals surface area contributed by atoms with E-state index >= 15 is 0 Å². The van der Waals surface area contributed by atoms with Crippen LogP contribution in [0.5, 0.6) is 0 Å². The van der Waals surface area contributed by atoms with Gasteiger partial charge in [-0.1, -0.05) is 0 Å². The van der Waals surface area contributed by atoms with Crippen LogP contribution in [0.3, 0.4) is 0 Å². The molecule has 0 spiro atoms. The number of rotatable bonds is 4. The van der Waals surface area contributed by atoms with Crippen LogP contribution in [0.4, 0.5) is 4.79 Å². The van der Waals surface area contributed by atoms with E-state index in [1.54, 1.807) is 0 Å². The van der Waals surface area contributed by atoms with E-state index in [4.69, 9.17) is 9.47 Å². The number of hydrogen-bond donors (Lipinski definition) is 1. The van der Waals surface area contributed by atoms with E-state index in [1.807, 2.05) is 34.6 Å². The lowest BCUT2D eigenvalue weighted by atomic mass is 10.2. The van der Waals surface area contributed by atoms with Crippen molar-refractivity contribution in [1.82, 2.24) is 5.32 Å². The number of carbonyl (C=O) groups is 1. The van der Waals surface area contributed by atoms with Crippen LogP contribution in [0.2, 0.25) is 0 Å². The summed E-state index contributed by atoms with van der Waals surface area (Å²) in [5.74, 6) is 0. The molecule has 4 heteroatoms. The Labute approximate surface area is 86.0 Å². The molecule has 0 aliphatic heterocycles. The van der Waals surface area contributed by atoms with Gasteiger partial charge in [0.15, 0.2) is 0 Å². The lowest BCUT2D eigenvalue weighted by molar-refractivity contribution is 0.0460. The van der Waals surface area contributed by atoms with Crippen LogP contribution in [0, 0.1) is 0 Å². The molecule has 1 atom stereocenters. The molecular weight excluding hydrogens is 182 g/mol. The molecule has 0 aliphatic rings. The normalized spacial score (nSPS) is 13.5. The van der Waals surface area contributed by atoms with E-state index < -0.39 is 11.7 Å². The summed E-state index contributed by atoms with van der Waals surface area (Å²) < 4.78 is 10.2. The van der Waals surface area contributed by atoms with Crippen LogP contribution < -0.4 is 5.32 Å². The minimum Gasteiger partial charge on any atom is -0.444 e. The maximum absolute atomic E-state index is 11.2. The molecule has 0 saturated carbocycles. The Kier molecular flexibility index (Phi) is 5.53. The molecular formula is C10H21NO3. The average Bonchev–Trinajstić information content (AvgIpc) is 1.96. The first kappa shape index (κ1) is 13.2. The van der Waals surface area contributed by atoms with Gasteiger partial charge in [-0.15, -0.1) is 0 Å². The molecule has 0 bridgehead atoms. The maximum atomic E-state index is 11.2. The lowest BCUT2D eigenvalue weighted by Gasteiger charge is -2.21. The third-order valence-corrected chi connectivity index (χ3v) is 1.34. The Bertz CT molecular complexity index is 175. The summed E-state index contributed by atoms with van der Waals surface area (Å²) >= 11 is 0. The topological polar surface area (TPSA) is 47.6 Å². The number of hydrogen-bond acceptors (Lipinski definition) is 3. The van der Waals surface area contributed by atoms with Gasteiger partial charge in [0.25, 0.3) is 0 Å². The molecule has 0 aliphatic carbocycles. The molecule has 0 rings (SSSR count). The summed E-state index contributed by atoms with van der Waals surface area (Å²) in [6.07, 6.45) is -0.398.